The lowest BCUT2D eigenvalue weighted by atomic mass is 10.4. The lowest BCUT2D eigenvalue weighted by Crippen LogP contribution is -2.17. The van der Waals surface area contributed by atoms with Crippen molar-refractivity contribution in [2.24, 2.45) is 0 Å². The highest BCUT2D eigenvalue weighted by molar-refractivity contribution is 6.44. The van der Waals surface area contributed by atoms with Crippen molar-refractivity contribution < 1.29 is 8.85 Å². The first kappa shape index (κ1) is 11.6. The zero-order valence-electron chi connectivity index (χ0n) is 8.12. The molecule has 12 heavy (non-hydrogen) atoms. The minimum atomic E-state index is -1.36. The molecule has 0 spiro atoms. The molecule has 0 amide bonds. The predicted molar refractivity (Wildman–Crippen MR) is 54.5 cm³/mol. The Hall–Kier alpha value is -0.383. The van der Waals surface area contributed by atoms with Crippen molar-refractivity contribution in [1.82, 2.24) is 0 Å². The maximum Gasteiger partial charge on any atom is 0.324 e. The van der Waals surface area contributed by atoms with Crippen molar-refractivity contribution in [3.63, 3.8) is 0 Å². The second kappa shape index (κ2) is 8.71. The van der Waals surface area contributed by atoms with Gasteiger partial charge in [0, 0.05) is 20.3 Å². The Balaban J connectivity index is 3.50. The summed E-state index contributed by atoms with van der Waals surface area (Å²) in [5.41, 5.74) is 0. The zero-order chi connectivity index (χ0) is 9.23. The van der Waals surface area contributed by atoms with Gasteiger partial charge >= 0.3 is 9.28 Å². The van der Waals surface area contributed by atoms with E-state index in [1.165, 1.54) is 0 Å². The maximum atomic E-state index is 5.15. The molecule has 0 aromatic carbocycles. The van der Waals surface area contributed by atoms with Crippen LogP contribution in [0.3, 0.4) is 0 Å². The topological polar surface area (TPSA) is 18.5 Å². The zero-order valence-corrected chi connectivity index (χ0v) is 9.27. The van der Waals surface area contributed by atoms with Crippen LogP contribution < -0.4 is 0 Å². The summed E-state index contributed by atoms with van der Waals surface area (Å²) in [5.74, 6) is 0. The summed E-state index contributed by atoms with van der Waals surface area (Å²) in [4.78, 5) is 0. The molecule has 0 aliphatic carbocycles. The van der Waals surface area contributed by atoms with Crippen LogP contribution in [0.5, 0.6) is 0 Å². The lowest BCUT2D eigenvalue weighted by Gasteiger charge is -2.06. The van der Waals surface area contributed by atoms with Crippen LogP contribution in [0.1, 0.15) is 13.3 Å². The Kier molecular flexibility index (Phi) is 8.43. The van der Waals surface area contributed by atoms with Gasteiger partial charge in [-0.15, -0.1) is 0 Å². The Morgan fingerprint density at radius 1 is 1.08 bits per heavy atom. The van der Waals surface area contributed by atoms with Gasteiger partial charge in [-0.3, -0.25) is 0 Å². The number of allylic oxidation sites excluding steroid dienone is 4. The summed E-state index contributed by atoms with van der Waals surface area (Å²) < 4.78 is 10.3. The van der Waals surface area contributed by atoms with Gasteiger partial charge in [0.15, 0.2) is 0 Å². The first-order chi connectivity index (χ1) is 5.85. The van der Waals surface area contributed by atoms with E-state index in [-0.39, 0.29) is 0 Å². The fourth-order valence-corrected chi connectivity index (χ4v) is 1.73. The van der Waals surface area contributed by atoms with Gasteiger partial charge in [0.05, 0.1) is 0 Å². The summed E-state index contributed by atoms with van der Waals surface area (Å²) >= 11 is 0. The standard InChI is InChI=1S/C9H18O2Si/c1-4-5-6-7-8-9-12(10-2)11-3/h5-8,12H,4,9H2,1-3H3. The molecule has 0 saturated carbocycles. The van der Waals surface area contributed by atoms with Crippen LogP contribution in [0.4, 0.5) is 0 Å². The van der Waals surface area contributed by atoms with E-state index >= 15 is 0 Å². The third kappa shape index (κ3) is 6.33. The van der Waals surface area contributed by atoms with Crippen LogP contribution in [-0.4, -0.2) is 23.5 Å². The molecule has 0 radical (unpaired) electrons. The molecule has 0 rings (SSSR count). The monoisotopic (exact) mass is 186 g/mol. The highest BCUT2D eigenvalue weighted by atomic mass is 28.3. The minimum absolute atomic E-state index is 0.932. The van der Waals surface area contributed by atoms with E-state index in [2.05, 4.69) is 25.2 Å². The van der Waals surface area contributed by atoms with Crippen molar-refractivity contribution in [2.45, 2.75) is 19.4 Å². The SMILES string of the molecule is CCC=CC=CC[SiH](OC)OC. The van der Waals surface area contributed by atoms with Crippen molar-refractivity contribution in [1.29, 1.82) is 0 Å². The molecule has 0 N–H and O–H groups in total. The second-order valence-corrected chi connectivity index (χ2v) is 4.67. The van der Waals surface area contributed by atoms with Crippen molar-refractivity contribution in [2.75, 3.05) is 14.2 Å². The Bertz CT molecular complexity index is 139. The molecule has 3 heteroatoms. The van der Waals surface area contributed by atoms with Gasteiger partial charge in [-0.2, -0.15) is 0 Å². The quantitative estimate of drug-likeness (QED) is 0.467. The average Bonchev–Trinajstić information content (AvgIpc) is 2.11. The molecule has 0 aliphatic rings. The van der Waals surface area contributed by atoms with Crippen molar-refractivity contribution >= 4 is 9.28 Å². The smallest absolute Gasteiger partial charge is 0.324 e. The molecule has 70 valence electrons. The van der Waals surface area contributed by atoms with Gasteiger partial charge in [0.25, 0.3) is 0 Å². The Morgan fingerprint density at radius 3 is 2.17 bits per heavy atom. The van der Waals surface area contributed by atoms with Crippen LogP contribution in [-0.2, 0) is 8.85 Å². The molecule has 0 aromatic heterocycles. The van der Waals surface area contributed by atoms with E-state index in [1.54, 1.807) is 14.2 Å². The van der Waals surface area contributed by atoms with Gasteiger partial charge in [-0.1, -0.05) is 31.2 Å². The number of rotatable bonds is 6. The van der Waals surface area contributed by atoms with Crippen LogP contribution in [0, 0.1) is 0 Å². The van der Waals surface area contributed by atoms with E-state index in [9.17, 15) is 0 Å². The number of hydrogen-bond donors (Lipinski definition) is 0. The van der Waals surface area contributed by atoms with Gasteiger partial charge in [0.2, 0.25) is 0 Å². The summed E-state index contributed by atoms with van der Waals surface area (Å²) in [6.07, 6.45) is 9.39. The van der Waals surface area contributed by atoms with Gasteiger partial charge in [0.1, 0.15) is 0 Å². The summed E-state index contributed by atoms with van der Waals surface area (Å²) in [7, 11) is 2.04. The summed E-state index contributed by atoms with van der Waals surface area (Å²) in [6, 6.07) is 0.932. The molecule has 0 saturated heterocycles. The van der Waals surface area contributed by atoms with Gasteiger partial charge < -0.3 is 8.85 Å². The van der Waals surface area contributed by atoms with E-state index < -0.39 is 9.28 Å². The third-order valence-corrected chi connectivity index (χ3v) is 3.18. The molecule has 0 bridgehead atoms. The largest absolute Gasteiger partial charge is 0.400 e. The molecule has 0 fully saturated rings. The predicted octanol–water partition coefficient (Wildman–Crippen LogP) is 2.02. The fraction of sp³-hybridized carbons (Fsp3) is 0.556. The van der Waals surface area contributed by atoms with E-state index in [0.29, 0.717) is 0 Å². The second-order valence-electron chi connectivity index (χ2n) is 2.40. The Labute approximate surface area is 76.7 Å². The maximum absolute atomic E-state index is 5.15. The van der Waals surface area contributed by atoms with Crippen LogP contribution >= 0.6 is 0 Å². The highest BCUT2D eigenvalue weighted by Crippen LogP contribution is 1.95. The van der Waals surface area contributed by atoms with E-state index in [1.807, 2.05) is 6.08 Å². The first-order valence-electron chi connectivity index (χ1n) is 4.22. The molecular weight excluding hydrogens is 168 g/mol. The van der Waals surface area contributed by atoms with E-state index in [0.717, 1.165) is 12.5 Å². The lowest BCUT2D eigenvalue weighted by molar-refractivity contribution is 0.281. The third-order valence-electron chi connectivity index (χ3n) is 1.47. The van der Waals surface area contributed by atoms with Gasteiger partial charge in [-0.25, -0.2) is 0 Å². The normalized spacial score (nSPS) is 12.3. The molecular formula is C9H18O2Si. The van der Waals surface area contributed by atoms with Gasteiger partial charge in [-0.05, 0) is 6.42 Å². The minimum Gasteiger partial charge on any atom is -0.400 e. The van der Waals surface area contributed by atoms with Crippen LogP contribution in [0.25, 0.3) is 0 Å². The molecule has 0 aromatic rings. The Morgan fingerprint density at radius 2 is 1.67 bits per heavy atom. The average molecular weight is 186 g/mol. The molecule has 2 nitrogen and oxygen atoms in total. The molecule has 0 heterocycles. The van der Waals surface area contributed by atoms with Crippen molar-refractivity contribution in [3.05, 3.63) is 24.3 Å². The summed E-state index contributed by atoms with van der Waals surface area (Å²) in [6.45, 7) is 2.12. The number of hydrogen-bond acceptors (Lipinski definition) is 2. The summed E-state index contributed by atoms with van der Waals surface area (Å²) in [5, 5.41) is 0. The fourth-order valence-electron chi connectivity index (χ4n) is 0.772. The highest BCUT2D eigenvalue weighted by Gasteiger charge is 2.04. The molecule has 0 unspecified atom stereocenters. The van der Waals surface area contributed by atoms with Crippen LogP contribution in [0.2, 0.25) is 6.04 Å². The molecule has 0 atom stereocenters. The first-order valence-corrected chi connectivity index (χ1v) is 5.98. The van der Waals surface area contributed by atoms with E-state index in [4.69, 9.17) is 8.85 Å². The van der Waals surface area contributed by atoms with Crippen molar-refractivity contribution in [3.8, 4) is 0 Å². The van der Waals surface area contributed by atoms with Crippen LogP contribution in [0.15, 0.2) is 24.3 Å². The molecule has 0 aliphatic heterocycles.